The van der Waals surface area contributed by atoms with Crippen molar-refractivity contribution in [2.24, 2.45) is 0 Å². The monoisotopic (exact) mass is 187 g/mol. The molecule has 0 bridgehead atoms. The Hall–Kier alpha value is -1.24. The summed E-state index contributed by atoms with van der Waals surface area (Å²) in [6.07, 6.45) is 2.49. The highest BCUT2D eigenvalue weighted by Gasteiger charge is 2.15. The topological polar surface area (TPSA) is 3.24 Å². The minimum Gasteiger partial charge on any atom is -0.367 e. The summed E-state index contributed by atoms with van der Waals surface area (Å²) in [5, 5.41) is 0. The van der Waals surface area contributed by atoms with Crippen LogP contribution in [0.4, 0.5) is 5.69 Å². The van der Waals surface area contributed by atoms with Crippen LogP contribution in [0.15, 0.2) is 36.4 Å². The molecule has 1 aliphatic rings. The van der Waals surface area contributed by atoms with Gasteiger partial charge in [-0.25, -0.2) is 0 Å². The van der Waals surface area contributed by atoms with Crippen molar-refractivity contribution >= 4 is 5.69 Å². The average molecular weight is 187 g/mol. The number of rotatable bonds is 2. The molecule has 1 heteroatoms. The Morgan fingerprint density at radius 1 is 1.43 bits per heavy atom. The predicted molar refractivity (Wildman–Crippen MR) is 61.8 cm³/mol. The lowest BCUT2D eigenvalue weighted by molar-refractivity contribution is 0.714. The van der Waals surface area contributed by atoms with Crippen molar-refractivity contribution in [2.75, 3.05) is 18.0 Å². The predicted octanol–water partition coefficient (Wildman–Crippen LogP) is 3.02. The highest BCUT2D eigenvalue weighted by molar-refractivity contribution is 5.56. The van der Waals surface area contributed by atoms with Crippen LogP contribution in [0.25, 0.3) is 0 Å². The maximum atomic E-state index is 3.98. The Balaban J connectivity index is 2.26. The fourth-order valence-electron chi connectivity index (χ4n) is 2.10. The lowest BCUT2D eigenvalue weighted by Crippen LogP contribution is -2.30. The van der Waals surface area contributed by atoms with E-state index in [0.717, 1.165) is 6.54 Å². The van der Waals surface area contributed by atoms with Gasteiger partial charge in [0.05, 0.1) is 0 Å². The minimum absolute atomic E-state index is 0.997. The smallest absolute Gasteiger partial charge is 0.0401 e. The normalized spacial score (nSPS) is 15.1. The van der Waals surface area contributed by atoms with E-state index in [1.807, 2.05) is 0 Å². The van der Waals surface area contributed by atoms with E-state index in [-0.39, 0.29) is 0 Å². The van der Waals surface area contributed by atoms with Crippen LogP contribution in [0.1, 0.15) is 18.9 Å². The van der Waals surface area contributed by atoms with Gasteiger partial charge in [-0.05, 0) is 31.4 Å². The Morgan fingerprint density at radius 3 is 3.00 bits per heavy atom. The molecular weight excluding hydrogens is 170 g/mol. The van der Waals surface area contributed by atoms with Gasteiger partial charge in [0.1, 0.15) is 0 Å². The van der Waals surface area contributed by atoms with Gasteiger partial charge in [0.2, 0.25) is 0 Å². The van der Waals surface area contributed by atoms with E-state index in [9.17, 15) is 0 Å². The van der Waals surface area contributed by atoms with Crippen LogP contribution >= 0.6 is 0 Å². The molecule has 0 unspecified atom stereocenters. The molecule has 0 aromatic heterocycles. The summed E-state index contributed by atoms with van der Waals surface area (Å²) in [5.41, 5.74) is 4.13. The van der Waals surface area contributed by atoms with Crippen LogP contribution in [0.2, 0.25) is 0 Å². The fraction of sp³-hybridized carbons (Fsp3) is 0.385. The first kappa shape index (κ1) is 9.32. The minimum atomic E-state index is 0.997. The van der Waals surface area contributed by atoms with Crippen molar-refractivity contribution in [1.82, 2.24) is 0 Å². The van der Waals surface area contributed by atoms with E-state index in [2.05, 4.69) is 42.7 Å². The molecule has 0 saturated heterocycles. The fourth-order valence-corrected chi connectivity index (χ4v) is 2.10. The number of nitrogens with zero attached hydrogens (tertiary/aromatic N) is 1. The van der Waals surface area contributed by atoms with E-state index in [4.69, 9.17) is 0 Å². The number of para-hydroxylation sites is 1. The molecule has 0 aliphatic carbocycles. The van der Waals surface area contributed by atoms with Crippen molar-refractivity contribution in [3.8, 4) is 0 Å². The maximum absolute atomic E-state index is 3.98. The summed E-state index contributed by atoms with van der Waals surface area (Å²) in [6, 6.07) is 8.70. The first-order chi connectivity index (χ1) is 6.77. The second-order valence-corrected chi connectivity index (χ2v) is 4.11. The van der Waals surface area contributed by atoms with Gasteiger partial charge in [-0.2, -0.15) is 0 Å². The first-order valence-corrected chi connectivity index (χ1v) is 5.24. The molecule has 0 saturated carbocycles. The second-order valence-electron chi connectivity index (χ2n) is 4.11. The summed E-state index contributed by atoms with van der Waals surface area (Å²) in [5.74, 6) is 0. The number of fused-ring (bicyclic) bond motifs is 1. The Morgan fingerprint density at radius 2 is 2.21 bits per heavy atom. The van der Waals surface area contributed by atoms with Gasteiger partial charge < -0.3 is 4.90 Å². The van der Waals surface area contributed by atoms with Crippen molar-refractivity contribution in [1.29, 1.82) is 0 Å². The van der Waals surface area contributed by atoms with Crippen molar-refractivity contribution < 1.29 is 0 Å². The van der Waals surface area contributed by atoms with Crippen LogP contribution in [0, 0.1) is 0 Å². The summed E-state index contributed by atoms with van der Waals surface area (Å²) in [7, 11) is 0. The third-order valence-corrected chi connectivity index (χ3v) is 2.67. The average Bonchev–Trinajstić information content (AvgIpc) is 2.18. The van der Waals surface area contributed by atoms with Crippen molar-refractivity contribution in [3.05, 3.63) is 42.0 Å². The number of anilines is 1. The maximum Gasteiger partial charge on any atom is 0.0401 e. The molecule has 0 N–H and O–H groups in total. The molecule has 0 radical (unpaired) electrons. The third kappa shape index (κ3) is 1.82. The Bertz CT molecular complexity index is 341. The highest BCUT2D eigenvalue weighted by atomic mass is 15.1. The lowest BCUT2D eigenvalue weighted by atomic mass is 10.0. The molecule has 0 amide bonds. The quantitative estimate of drug-likeness (QED) is 0.643. The molecule has 74 valence electrons. The first-order valence-electron chi connectivity index (χ1n) is 5.24. The summed E-state index contributed by atoms with van der Waals surface area (Å²) in [4.78, 5) is 2.43. The Labute approximate surface area is 86.1 Å². The van der Waals surface area contributed by atoms with E-state index in [0.29, 0.717) is 0 Å². The van der Waals surface area contributed by atoms with Gasteiger partial charge in [0.15, 0.2) is 0 Å². The summed E-state index contributed by atoms with van der Waals surface area (Å²) in [6.45, 7) is 8.24. The third-order valence-electron chi connectivity index (χ3n) is 2.67. The van der Waals surface area contributed by atoms with Gasteiger partial charge >= 0.3 is 0 Å². The lowest BCUT2D eigenvalue weighted by Gasteiger charge is -2.31. The van der Waals surface area contributed by atoms with Gasteiger partial charge in [0.25, 0.3) is 0 Å². The van der Waals surface area contributed by atoms with Crippen LogP contribution in [0.3, 0.4) is 0 Å². The van der Waals surface area contributed by atoms with Gasteiger partial charge in [-0.1, -0.05) is 30.4 Å². The standard InChI is InChI=1S/C13H17N/c1-11(2)10-14-9-5-7-12-6-3-4-8-13(12)14/h3-4,6,8H,1,5,7,9-10H2,2H3. The van der Waals surface area contributed by atoms with Crippen LogP contribution in [0.5, 0.6) is 0 Å². The zero-order valence-corrected chi connectivity index (χ0v) is 8.79. The number of hydrogen-bond donors (Lipinski definition) is 0. The zero-order chi connectivity index (χ0) is 9.97. The van der Waals surface area contributed by atoms with Crippen LogP contribution in [-0.2, 0) is 6.42 Å². The second kappa shape index (κ2) is 3.87. The van der Waals surface area contributed by atoms with Crippen molar-refractivity contribution in [3.63, 3.8) is 0 Å². The largest absolute Gasteiger partial charge is 0.367 e. The number of benzene rings is 1. The molecule has 1 heterocycles. The van der Waals surface area contributed by atoms with Crippen LogP contribution < -0.4 is 4.90 Å². The van der Waals surface area contributed by atoms with E-state index < -0.39 is 0 Å². The summed E-state index contributed by atoms with van der Waals surface area (Å²) >= 11 is 0. The molecule has 2 rings (SSSR count). The molecular formula is C13H17N. The van der Waals surface area contributed by atoms with Crippen molar-refractivity contribution in [2.45, 2.75) is 19.8 Å². The molecule has 1 aromatic carbocycles. The molecule has 1 aliphatic heterocycles. The van der Waals surface area contributed by atoms with E-state index in [1.165, 1.54) is 36.2 Å². The van der Waals surface area contributed by atoms with E-state index in [1.54, 1.807) is 0 Å². The summed E-state index contributed by atoms with van der Waals surface area (Å²) < 4.78 is 0. The Kier molecular flexibility index (Phi) is 2.58. The molecule has 0 atom stereocenters. The molecule has 1 nitrogen and oxygen atoms in total. The molecule has 0 spiro atoms. The number of aryl methyl sites for hydroxylation is 1. The van der Waals surface area contributed by atoms with E-state index >= 15 is 0 Å². The van der Waals surface area contributed by atoms with Crippen LogP contribution in [-0.4, -0.2) is 13.1 Å². The number of hydrogen-bond acceptors (Lipinski definition) is 1. The SMILES string of the molecule is C=C(C)CN1CCCc2ccccc21. The molecule has 0 fully saturated rings. The van der Waals surface area contributed by atoms with Gasteiger partial charge in [-0.15, -0.1) is 0 Å². The van der Waals surface area contributed by atoms with Gasteiger partial charge in [-0.3, -0.25) is 0 Å². The zero-order valence-electron chi connectivity index (χ0n) is 8.79. The molecule has 1 aromatic rings. The molecule has 14 heavy (non-hydrogen) atoms. The highest BCUT2D eigenvalue weighted by Crippen LogP contribution is 2.26. The van der Waals surface area contributed by atoms with Gasteiger partial charge in [0, 0.05) is 18.8 Å².